The van der Waals surface area contributed by atoms with Crippen molar-refractivity contribution in [2.45, 2.75) is 50.7 Å². The zero-order valence-electron chi connectivity index (χ0n) is 8.42. The first kappa shape index (κ1) is 15.1. The van der Waals surface area contributed by atoms with E-state index in [-0.39, 0.29) is 0 Å². The van der Waals surface area contributed by atoms with Gasteiger partial charge < -0.3 is 4.89 Å². The summed E-state index contributed by atoms with van der Waals surface area (Å²) in [6.07, 6.45) is 7.19. The van der Waals surface area contributed by atoms with Crippen LogP contribution in [0.15, 0.2) is 0 Å². The topological polar surface area (TPSA) is 37.3 Å². The van der Waals surface area contributed by atoms with Gasteiger partial charge in [0.25, 0.3) is 0 Å². The maximum Gasteiger partial charge on any atom is 0.324 e. The maximum atomic E-state index is 8.46. The van der Waals surface area contributed by atoms with Gasteiger partial charge in [0.2, 0.25) is 16.3 Å². The van der Waals surface area contributed by atoms with Crippen LogP contribution in [0.5, 0.6) is 0 Å². The van der Waals surface area contributed by atoms with Crippen LogP contribution in [0, 0.1) is 0 Å². The van der Waals surface area contributed by atoms with Crippen LogP contribution in [0.2, 0.25) is 4.78 Å². The summed E-state index contributed by atoms with van der Waals surface area (Å²) in [7, 11) is -0.833. The highest BCUT2D eigenvalue weighted by Crippen LogP contribution is 2.15. The van der Waals surface area contributed by atoms with Crippen molar-refractivity contribution in [3.8, 4) is 0 Å². The Bertz CT molecular complexity index is 91.1. The molecule has 0 fully saturated rings. The van der Waals surface area contributed by atoms with Crippen molar-refractivity contribution in [3.05, 3.63) is 0 Å². The molecular formula is C8H20AlO2P. The van der Waals surface area contributed by atoms with Gasteiger partial charge in [-0.2, -0.15) is 0 Å². The van der Waals surface area contributed by atoms with Crippen molar-refractivity contribution in [1.29, 1.82) is 0 Å². The van der Waals surface area contributed by atoms with Crippen molar-refractivity contribution in [2.75, 3.05) is 0 Å². The highest BCUT2D eigenvalue weighted by atomic mass is 31.1. The molecule has 0 saturated heterocycles. The van der Waals surface area contributed by atoms with Gasteiger partial charge in [0, 0.05) is 0 Å². The van der Waals surface area contributed by atoms with Crippen LogP contribution in [-0.4, -0.2) is 21.2 Å². The van der Waals surface area contributed by atoms with E-state index in [9.17, 15) is 0 Å². The van der Waals surface area contributed by atoms with Gasteiger partial charge in [-0.1, -0.05) is 50.7 Å². The van der Waals surface area contributed by atoms with Crippen LogP contribution in [-0.2, 0) is 4.57 Å². The minimum Gasteiger partial charge on any atom is -0.310 e. The number of hydrogen-bond donors (Lipinski definition) is 1. The molecule has 0 spiro atoms. The molecule has 0 aromatic heterocycles. The van der Waals surface area contributed by atoms with E-state index in [0.717, 1.165) is 4.78 Å². The first-order chi connectivity index (χ1) is 5.72. The smallest absolute Gasteiger partial charge is 0.310 e. The third kappa shape index (κ3) is 16.9. The minimum atomic E-state index is -0.833. The lowest BCUT2D eigenvalue weighted by Crippen LogP contribution is -1.90. The molecule has 0 amide bonds. The van der Waals surface area contributed by atoms with Crippen LogP contribution in [0.25, 0.3) is 0 Å². The molecular weight excluding hydrogens is 186 g/mol. The zero-order valence-corrected chi connectivity index (χ0v) is 11.3. The van der Waals surface area contributed by atoms with Crippen LogP contribution in [0.3, 0.4) is 0 Å². The predicted molar refractivity (Wildman–Crippen MR) is 56.6 cm³/mol. The first-order valence-electron chi connectivity index (χ1n) is 4.69. The lowest BCUT2D eigenvalue weighted by molar-refractivity contribution is 0.524. The Labute approximate surface area is 85.5 Å². The van der Waals surface area contributed by atoms with Crippen LogP contribution in [0.4, 0.5) is 0 Å². The molecule has 0 heterocycles. The highest BCUT2D eigenvalue weighted by molar-refractivity contribution is 7.16. The van der Waals surface area contributed by atoms with Crippen LogP contribution in [0.1, 0.15) is 46.0 Å². The lowest BCUT2D eigenvalue weighted by Gasteiger charge is -2.07. The summed E-state index contributed by atoms with van der Waals surface area (Å²) in [6.45, 7) is 4.57. The lowest BCUT2D eigenvalue weighted by atomic mass is 10.1. The van der Waals surface area contributed by atoms with Crippen molar-refractivity contribution < 1.29 is 9.46 Å². The standard InChI is InChI=1S/C8H17.Al.HO2P.2H/c1-3-5-7-8-6-4-2;;1-3-2;;/h7H,3-6,8H2,1-2H3;;(H,1,2);;. The highest BCUT2D eigenvalue weighted by Gasteiger charge is 1.97. The SMILES string of the molecule is CCCC[CH]([AlH2])CCC.O=PO. The molecule has 12 heavy (non-hydrogen) atoms. The van der Waals surface area contributed by atoms with Gasteiger partial charge in [-0.15, -0.1) is 0 Å². The van der Waals surface area contributed by atoms with E-state index in [2.05, 4.69) is 13.8 Å². The summed E-state index contributed by atoms with van der Waals surface area (Å²) < 4.78 is 9.56. The van der Waals surface area contributed by atoms with E-state index >= 15 is 0 Å². The second-order valence-electron chi connectivity index (χ2n) is 3.12. The van der Waals surface area contributed by atoms with Crippen molar-refractivity contribution in [3.63, 3.8) is 0 Å². The molecule has 1 atom stereocenters. The van der Waals surface area contributed by atoms with E-state index in [0.29, 0.717) is 0 Å². The van der Waals surface area contributed by atoms with Crippen LogP contribution >= 0.6 is 8.69 Å². The monoisotopic (exact) mass is 206 g/mol. The zero-order chi connectivity index (χ0) is 9.82. The molecule has 1 unspecified atom stereocenters. The fourth-order valence-corrected chi connectivity index (χ4v) is 2.18. The summed E-state index contributed by atoms with van der Waals surface area (Å²) in [4.78, 5) is 6.99. The van der Waals surface area contributed by atoms with E-state index in [4.69, 9.17) is 9.46 Å². The van der Waals surface area contributed by atoms with Crippen molar-refractivity contribution in [2.24, 2.45) is 0 Å². The molecule has 4 heteroatoms. The van der Waals surface area contributed by atoms with Crippen LogP contribution < -0.4 is 0 Å². The van der Waals surface area contributed by atoms with E-state index in [1.54, 1.807) is 0 Å². The molecule has 0 aromatic carbocycles. The molecule has 0 saturated carbocycles. The van der Waals surface area contributed by atoms with Gasteiger partial charge in [-0.25, -0.2) is 4.57 Å². The van der Waals surface area contributed by atoms with Gasteiger partial charge in [-0.3, -0.25) is 0 Å². The average molecular weight is 206 g/mol. The van der Waals surface area contributed by atoms with E-state index in [1.807, 2.05) is 0 Å². The Morgan fingerprint density at radius 1 is 1.33 bits per heavy atom. The molecule has 0 aliphatic rings. The molecule has 0 aliphatic carbocycles. The molecule has 0 aromatic rings. The van der Waals surface area contributed by atoms with Gasteiger partial charge in [0.15, 0.2) is 0 Å². The third-order valence-corrected chi connectivity index (χ3v) is 2.99. The van der Waals surface area contributed by atoms with Gasteiger partial charge in [0.1, 0.15) is 0 Å². The van der Waals surface area contributed by atoms with Gasteiger partial charge in [0.05, 0.1) is 0 Å². The van der Waals surface area contributed by atoms with E-state index < -0.39 is 8.69 Å². The second-order valence-corrected chi connectivity index (χ2v) is 4.91. The molecule has 2 nitrogen and oxygen atoms in total. The van der Waals surface area contributed by atoms with Crippen molar-refractivity contribution in [1.82, 2.24) is 0 Å². The molecule has 0 radical (unpaired) electrons. The molecule has 0 bridgehead atoms. The number of rotatable bonds is 5. The number of unbranched alkanes of at least 4 members (excludes halogenated alkanes) is 1. The normalized spacial score (nSPS) is 11.9. The maximum absolute atomic E-state index is 8.46. The Morgan fingerprint density at radius 3 is 2.17 bits per heavy atom. The predicted octanol–water partition coefficient (Wildman–Crippen LogP) is 2.58. The Hall–Kier alpha value is 0.592. The fourth-order valence-electron chi connectivity index (χ4n) is 1.19. The minimum absolute atomic E-state index is 0.833. The van der Waals surface area contributed by atoms with Gasteiger partial charge >= 0.3 is 8.69 Å². The molecule has 72 valence electrons. The summed E-state index contributed by atoms with van der Waals surface area (Å²) in [5.41, 5.74) is 0. The third-order valence-electron chi connectivity index (χ3n) is 1.83. The molecule has 1 N–H and O–H groups in total. The summed E-state index contributed by atoms with van der Waals surface area (Å²) in [5.74, 6) is 0. The quantitative estimate of drug-likeness (QED) is 0.554. The molecule has 0 rings (SSSR count). The number of hydrogen-bond acceptors (Lipinski definition) is 1. The summed E-state index contributed by atoms with van der Waals surface area (Å²) in [6, 6.07) is 0. The summed E-state index contributed by atoms with van der Waals surface area (Å²) >= 11 is 1.41. The Morgan fingerprint density at radius 2 is 1.83 bits per heavy atom. The van der Waals surface area contributed by atoms with Gasteiger partial charge in [-0.05, 0) is 0 Å². The Kier molecular flexibility index (Phi) is 17.8. The molecule has 0 aliphatic heterocycles. The van der Waals surface area contributed by atoms with E-state index in [1.165, 1.54) is 48.4 Å². The Balaban J connectivity index is 0. The summed E-state index contributed by atoms with van der Waals surface area (Å²) in [5, 5.41) is 0. The fraction of sp³-hybridized carbons (Fsp3) is 1.00. The van der Waals surface area contributed by atoms with Crippen molar-refractivity contribution >= 4 is 25.0 Å². The second kappa shape index (κ2) is 14.1. The first-order valence-corrected chi connectivity index (χ1v) is 6.61. The average Bonchev–Trinajstić information content (AvgIpc) is 2.03. The largest absolute Gasteiger partial charge is 0.324 e.